The minimum Gasteiger partial charge on any atom is -0.258 e. The summed E-state index contributed by atoms with van der Waals surface area (Å²) in [6, 6.07) is 3.10. The summed E-state index contributed by atoms with van der Waals surface area (Å²) in [7, 11) is -1.53. The Morgan fingerprint density at radius 3 is 2.56 bits per heavy atom. The van der Waals surface area contributed by atoms with Crippen molar-refractivity contribution in [2.75, 3.05) is 0 Å². The van der Waals surface area contributed by atoms with Crippen molar-refractivity contribution in [1.29, 1.82) is 0 Å². The van der Waals surface area contributed by atoms with Gasteiger partial charge in [0.2, 0.25) is 0 Å². The molecule has 1 aromatic carbocycles. The van der Waals surface area contributed by atoms with E-state index in [2.05, 4.69) is 4.40 Å². The Kier molecular flexibility index (Phi) is 4.28. The van der Waals surface area contributed by atoms with Crippen LogP contribution in [0.4, 0.5) is 10.1 Å². The molecule has 0 bridgehead atoms. The Morgan fingerprint density at radius 2 is 2.06 bits per heavy atom. The van der Waals surface area contributed by atoms with Crippen molar-refractivity contribution in [3.05, 3.63) is 39.7 Å². The van der Waals surface area contributed by atoms with Crippen molar-refractivity contribution >= 4 is 22.9 Å². The standard InChI is InChI=1S/C11H13FN2O3S/c1-11(2,3)18(17)13-7-8-6-9(14(15)16)4-5-10(8)12/h4-7H,1-3H3/b13-7+. The van der Waals surface area contributed by atoms with E-state index in [9.17, 15) is 18.7 Å². The molecule has 0 aromatic heterocycles. The lowest BCUT2D eigenvalue weighted by atomic mass is 10.2. The van der Waals surface area contributed by atoms with Crippen molar-refractivity contribution in [2.45, 2.75) is 25.5 Å². The van der Waals surface area contributed by atoms with E-state index in [1.165, 1.54) is 0 Å². The summed E-state index contributed by atoms with van der Waals surface area (Å²) in [6.45, 7) is 5.18. The second-order valence-electron chi connectivity index (χ2n) is 4.56. The number of halogens is 1. The van der Waals surface area contributed by atoms with Crippen molar-refractivity contribution in [3.63, 3.8) is 0 Å². The molecule has 98 valence electrons. The van der Waals surface area contributed by atoms with Crippen LogP contribution >= 0.6 is 0 Å². The van der Waals surface area contributed by atoms with Crippen LogP contribution in [-0.4, -0.2) is 20.1 Å². The fraction of sp³-hybridized carbons (Fsp3) is 0.364. The molecule has 0 N–H and O–H groups in total. The molecule has 7 heteroatoms. The average Bonchev–Trinajstić information content (AvgIpc) is 2.25. The van der Waals surface area contributed by atoms with Crippen LogP contribution in [0.15, 0.2) is 22.6 Å². The van der Waals surface area contributed by atoms with Gasteiger partial charge in [-0.1, -0.05) is 0 Å². The topological polar surface area (TPSA) is 72.6 Å². The summed E-state index contributed by atoms with van der Waals surface area (Å²) in [4.78, 5) is 9.91. The van der Waals surface area contributed by atoms with Crippen molar-refractivity contribution in [2.24, 2.45) is 4.40 Å². The first-order valence-electron chi connectivity index (χ1n) is 5.12. The van der Waals surface area contributed by atoms with Crippen LogP contribution in [0.2, 0.25) is 0 Å². The van der Waals surface area contributed by atoms with E-state index in [1.807, 2.05) is 0 Å². The highest BCUT2D eigenvalue weighted by Crippen LogP contribution is 2.17. The van der Waals surface area contributed by atoms with E-state index in [0.29, 0.717) is 0 Å². The molecule has 5 nitrogen and oxygen atoms in total. The van der Waals surface area contributed by atoms with Gasteiger partial charge in [0.15, 0.2) is 0 Å². The second-order valence-corrected chi connectivity index (χ2v) is 6.49. The van der Waals surface area contributed by atoms with Gasteiger partial charge in [0.25, 0.3) is 5.69 Å². The molecule has 1 aromatic rings. The zero-order valence-corrected chi connectivity index (χ0v) is 11.0. The lowest BCUT2D eigenvalue weighted by molar-refractivity contribution is -0.384. The molecule has 1 unspecified atom stereocenters. The number of benzene rings is 1. The molecule has 18 heavy (non-hydrogen) atoms. The molecule has 0 aliphatic rings. The third-order valence-corrected chi connectivity index (χ3v) is 3.35. The quantitative estimate of drug-likeness (QED) is 0.482. The second kappa shape index (κ2) is 5.34. The largest absolute Gasteiger partial charge is 0.270 e. The number of non-ortho nitro benzene ring substituents is 1. The Hall–Kier alpha value is -1.63. The zero-order chi connectivity index (χ0) is 13.9. The van der Waals surface area contributed by atoms with Gasteiger partial charge in [-0.3, -0.25) is 10.1 Å². The predicted molar refractivity (Wildman–Crippen MR) is 68.5 cm³/mol. The van der Waals surface area contributed by atoms with E-state index in [-0.39, 0.29) is 11.3 Å². The smallest absolute Gasteiger partial charge is 0.258 e. The summed E-state index contributed by atoms with van der Waals surface area (Å²) >= 11 is 0. The Morgan fingerprint density at radius 1 is 1.44 bits per heavy atom. The van der Waals surface area contributed by atoms with Crippen LogP contribution in [0.25, 0.3) is 0 Å². The SMILES string of the molecule is CC(C)(C)S(=O)/N=C/c1cc([N+](=O)[O-])ccc1F. The van der Waals surface area contributed by atoms with Gasteiger partial charge in [-0.2, -0.15) is 4.40 Å². The van der Waals surface area contributed by atoms with Gasteiger partial charge in [-0.25, -0.2) is 8.60 Å². The molecular formula is C11H13FN2O3S. The summed E-state index contributed by atoms with van der Waals surface area (Å²) < 4.78 is 28.1. The molecule has 1 atom stereocenters. The molecule has 1 rings (SSSR count). The summed E-state index contributed by atoms with van der Waals surface area (Å²) in [6.07, 6.45) is 1.06. The molecule has 0 saturated heterocycles. The minimum absolute atomic E-state index is 0.0539. The number of nitro benzene ring substituents is 1. The number of hydrogen-bond acceptors (Lipinski definition) is 3. The first-order chi connectivity index (χ1) is 8.21. The van der Waals surface area contributed by atoms with E-state index < -0.39 is 26.5 Å². The van der Waals surface area contributed by atoms with Crippen LogP contribution < -0.4 is 0 Å². The number of hydrogen-bond donors (Lipinski definition) is 0. The van der Waals surface area contributed by atoms with E-state index in [1.54, 1.807) is 20.8 Å². The number of nitro groups is 1. The summed E-state index contributed by atoms with van der Waals surface area (Å²) in [5.74, 6) is -0.643. The Balaban J connectivity index is 3.04. The molecule has 0 heterocycles. The highest BCUT2D eigenvalue weighted by Gasteiger charge is 2.18. The van der Waals surface area contributed by atoms with Gasteiger partial charge >= 0.3 is 0 Å². The van der Waals surface area contributed by atoms with Crippen molar-refractivity contribution in [1.82, 2.24) is 0 Å². The summed E-state index contributed by atoms with van der Waals surface area (Å²) in [5, 5.41) is 10.5. The van der Waals surface area contributed by atoms with Crippen LogP contribution in [0, 0.1) is 15.9 Å². The van der Waals surface area contributed by atoms with Gasteiger partial charge < -0.3 is 0 Å². The lowest BCUT2D eigenvalue weighted by Gasteiger charge is -2.12. The van der Waals surface area contributed by atoms with Gasteiger partial charge in [0.05, 0.1) is 9.67 Å². The third-order valence-electron chi connectivity index (χ3n) is 2.00. The molecule has 0 fully saturated rings. The van der Waals surface area contributed by atoms with Crippen molar-refractivity contribution < 1.29 is 13.5 Å². The van der Waals surface area contributed by atoms with E-state index in [4.69, 9.17) is 0 Å². The molecule has 0 saturated carbocycles. The normalized spacial score (nSPS) is 13.8. The molecule has 0 spiro atoms. The average molecular weight is 272 g/mol. The van der Waals surface area contributed by atoms with Crippen LogP contribution in [0.3, 0.4) is 0 Å². The molecule has 0 amide bonds. The minimum atomic E-state index is -1.53. The van der Waals surface area contributed by atoms with Gasteiger partial charge in [0, 0.05) is 23.9 Å². The first kappa shape index (κ1) is 14.4. The van der Waals surface area contributed by atoms with E-state index >= 15 is 0 Å². The maximum Gasteiger partial charge on any atom is 0.270 e. The molecular weight excluding hydrogens is 259 g/mol. The highest BCUT2D eigenvalue weighted by molar-refractivity contribution is 7.85. The first-order valence-corrected chi connectivity index (χ1v) is 6.22. The molecule has 0 aliphatic heterocycles. The van der Waals surface area contributed by atoms with Gasteiger partial charge in [-0.15, -0.1) is 0 Å². The maximum absolute atomic E-state index is 13.4. The third kappa shape index (κ3) is 3.69. The number of nitrogens with zero attached hydrogens (tertiary/aromatic N) is 2. The Labute approximate surface area is 106 Å². The fourth-order valence-corrected chi connectivity index (χ4v) is 1.53. The monoisotopic (exact) mass is 272 g/mol. The van der Waals surface area contributed by atoms with Gasteiger partial charge in [-0.05, 0) is 26.8 Å². The maximum atomic E-state index is 13.4. The van der Waals surface area contributed by atoms with Crippen LogP contribution in [-0.2, 0) is 11.0 Å². The van der Waals surface area contributed by atoms with Crippen LogP contribution in [0.5, 0.6) is 0 Å². The number of rotatable bonds is 3. The molecule has 0 radical (unpaired) electrons. The zero-order valence-electron chi connectivity index (χ0n) is 10.2. The highest BCUT2D eigenvalue weighted by atomic mass is 32.2. The predicted octanol–water partition coefficient (Wildman–Crippen LogP) is 2.62. The van der Waals surface area contributed by atoms with Crippen LogP contribution in [0.1, 0.15) is 26.3 Å². The van der Waals surface area contributed by atoms with E-state index in [0.717, 1.165) is 24.4 Å². The summed E-state index contributed by atoms with van der Waals surface area (Å²) in [5.41, 5.74) is -0.291. The Bertz CT molecular complexity index is 524. The lowest BCUT2D eigenvalue weighted by Crippen LogP contribution is -2.19. The molecule has 0 aliphatic carbocycles. The van der Waals surface area contributed by atoms with Gasteiger partial charge in [0.1, 0.15) is 16.8 Å². The fourth-order valence-electron chi connectivity index (χ4n) is 1.01. The van der Waals surface area contributed by atoms with Crippen molar-refractivity contribution in [3.8, 4) is 0 Å².